The monoisotopic (exact) mass is 178 g/mol. The van der Waals surface area contributed by atoms with E-state index in [0.29, 0.717) is 0 Å². The number of rotatable bonds is 2. The van der Waals surface area contributed by atoms with Crippen LogP contribution in [0.4, 0.5) is 0 Å². The zero-order valence-corrected chi connectivity index (χ0v) is 6.55. The van der Waals surface area contributed by atoms with Crippen molar-refractivity contribution in [3.63, 3.8) is 0 Å². The van der Waals surface area contributed by atoms with E-state index in [4.69, 9.17) is 15.6 Å². The summed E-state index contributed by atoms with van der Waals surface area (Å²) in [5.74, 6) is 0. The van der Waals surface area contributed by atoms with E-state index in [2.05, 4.69) is 5.32 Å². The number of aliphatic hydroxyl groups excluding tert-OH is 3. The van der Waals surface area contributed by atoms with Crippen LogP contribution in [0, 0.1) is 0 Å². The molecule has 12 heavy (non-hydrogen) atoms. The summed E-state index contributed by atoms with van der Waals surface area (Å²) in [4.78, 5) is 0. The smallest absolute Gasteiger partial charge is 0.172 e. The van der Waals surface area contributed by atoms with Crippen LogP contribution in [0.15, 0.2) is 0 Å². The first-order valence-corrected chi connectivity index (χ1v) is 3.76. The van der Waals surface area contributed by atoms with Gasteiger partial charge in [0.1, 0.15) is 12.2 Å². The van der Waals surface area contributed by atoms with Crippen LogP contribution < -0.4 is 11.1 Å². The summed E-state index contributed by atoms with van der Waals surface area (Å²) in [6.45, 7) is 0.0416. The van der Waals surface area contributed by atoms with E-state index in [0.717, 1.165) is 0 Å². The van der Waals surface area contributed by atoms with Crippen LogP contribution in [-0.2, 0) is 4.74 Å². The topological polar surface area (TPSA) is 108 Å². The summed E-state index contributed by atoms with van der Waals surface area (Å²) in [5.41, 5.74) is 5.16. The first-order chi connectivity index (χ1) is 5.66. The van der Waals surface area contributed by atoms with E-state index in [1.165, 1.54) is 0 Å². The molecule has 6 nitrogen and oxygen atoms in total. The zero-order chi connectivity index (χ0) is 9.14. The van der Waals surface area contributed by atoms with Crippen molar-refractivity contribution >= 4 is 0 Å². The Morgan fingerprint density at radius 2 is 2.08 bits per heavy atom. The van der Waals surface area contributed by atoms with E-state index < -0.39 is 24.5 Å². The molecule has 1 unspecified atom stereocenters. The normalized spacial score (nSPS) is 43.0. The lowest BCUT2D eigenvalue weighted by atomic mass is 10.0. The van der Waals surface area contributed by atoms with Gasteiger partial charge in [0.15, 0.2) is 6.29 Å². The van der Waals surface area contributed by atoms with Crippen molar-refractivity contribution < 1.29 is 20.1 Å². The van der Waals surface area contributed by atoms with Crippen molar-refractivity contribution in [2.75, 3.05) is 13.3 Å². The largest absolute Gasteiger partial charge is 0.388 e. The predicted molar refractivity (Wildman–Crippen MR) is 40.0 cm³/mol. The molecule has 0 amide bonds. The summed E-state index contributed by atoms with van der Waals surface area (Å²) in [6.07, 6.45) is -3.14. The minimum absolute atomic E-state index is 0.0644. The van der Waals surface area contributed by atoms with Crippen molar-refractivity contribution in [1.29, 1.82) is 0 Å². The molecule has 0 aromatic rings. The lowest BCUT2D eigenvalue weighted by molar-refractivity contribution is -0.212. The predicted octanol–water partition coefficient (Wildman–Crippen LogP) is -3.07. The maximum Gasteiger partial charge on any atom is 0.172 e. The van der Waals surface area contributed by atoms with E-state index >= 15 is 0 Å². The van der Waals surface area contributed by atoms with E-state index in [1.807, 2.05) is 0 Å². The minimum Gasteiger partial charge on any atom is -0.388 e. The number of hydrogen-bond donors (Lipinski definition) is 5. The van der Waals surface area contributed by atoms with Gasteiger partial charge >= 0.3 is 0 Å². The van der Waals surface area contributed by atoms with Gasteiger partial charge in [-0.15, -0.1) is 0 Å². The fourth-order valence-electron chi connectivity index (χ4n) is 1.17. The maximum absolute atomic E-state index is 9.33. The molecule has 0 aromatic carbocycles. The van der Waals surface area contributed by atoms with Crippen LogP contribution in [0.3, 0.4) is 0 Å². The highest BCUT2D eigenvalue weighted by Gasteiger charge is 2.37. The lowest BCUT2D eigenvalue weighted by Gasteiger charge is -2.35. The first kappa shape index (κ1) is 9.85. The molecule has 4 atom stereocenters. The number of hydrogen-bond acceptors (Lipinski definition) is 6. The van der Waals surface area contributed by atoms with Crippen LogP contribution in [0.2, 0.25) is 0 Å². The second-order valence-electron chi connectivity index (χ2n) is 2.72. The molecule has 1 rings (SSSR count). The Bertz CT molecular complexity index is 146. The summed E-state index contributed by atoms with van der Waals surface area (Å²) < 4.78 is 4.75. The molecule has 1 fully saturated rings. The van der Waals surface area contributed by atoms with Gasteiger partial charge in [-0.3, -0.25) is 5.32 Å². The molecule has 0 saturated carbocycles. The lowest BCUT2D eigenvalue weighted by Crippen LogP contribution is -2.60. The molecule has 0 radical (unpaired) electrons. The molecule has 1 saturated heterocycles. The molecule has 1 aliphatic rings. The summed E-state index contributed by atoms with van der Waals surface area (Å²) >= 11 is 0. The molecule has 6 N–H and O–H groups in total. The van der Waals surface area contributed by atoms with Gasteiger partial charge in [-0.1, -0.05) is 0 Å². The van der Waals surface area contributed by atoms with Crippen molar-refractivity contribution in [3.8, 4) is 0 Å². The van der Waals surface area contributed by atoms with E-state index in [1.54, 1.807) is 0 Å². The van der Waals surface area contributed by atoms with Gasteiger partial charge in [-0.05, 0) is 0 Å². The quantitative estimate of drug-likeness (QED) is 0.287. The third-order valence-electron chi connectivity index (χ3n) is 1.86. The highest BCUT2D eigenvalue weighted by molar-refractivity contribution is 4.87. The Balaban J connectivity index is 2.52. The van der Waals surface area contributed by atoms with Gasteiger partial charge in [0.25, 0.3) is 0 Å². The molecular weight excluding hydrogens is 164 g/mol. The molecule has 0 aromatic heterocycles. The number of ether oxygens (including phenoxy) is 1. The SMILES string of the molecule is NCN[C@H]1C(O)OC[C@H](O)[C@@H]1O. The van der Waals surface area contributed by atoms with Crippen LogP contribution in [-0.4, -0.2) is 53.1 Å². The van der Waals surface area contributed by atoms with E-state index in [9.17, 15) is 10.2 Å². The fraction of sp³-hybridized carbons (Fsp3) is 1.00. The van der Waals surface area contributed by atoms with Crippen LogP contribution in [0.1, 0.15) is 0 Å². The molecule has 6 heteroatoms. The third-order valence-corrected chi connectivity index (χ3v) is 1.86. The van der Waals surface area contributed by atoms with Crippen LogP contribution in [0.25, 0.3) is 0 Å². The van der Waals surface area contributed by atoms with Gasteiger partial charge < -0.3 is 25.8 Å². The molecule has 0 spiro atoms. The number of nitrogens with two attached hydrogens (primary N) is 1. The summed E-state index contributed by atoms with van der Waals surface area (Å²) in [7, 11) is 0. The molecule has 1 heterocycles. The average molecular weight is 178 g/mol. The van der Waals surface area contributed by atoms with Crippen molar-refractivity contribution in [2.24, 2.45) is 5.73 Å². The Morgan fingerprint density at radius 3 is 2.67 bits per heavy atom. The van der Waals surface area contributed by atoms with Crippen LogP contribution >= 0.6 is 0 Å². The van der Waals surface area contributed by atoms with Gasteiger partial charge in [0.05, 0.1) is 12.6 Å². The molecule has 1 aliphatic heterocycles. The molecule has 0 aliphatic carbocycles. The summed E-state index contributed by atoms with van der Waals surface area (Å²) in [5, 5.41) is 30.2. The minimum atomic E-state index is -1.12. The highest BCUT2D eigenvalue weighted by atomic mass is 16.6. The molecular formula is C6H14N2O4. The standard InChI is InChI=1S/C6H14N2O4/c7-2-8-4-5(10)3(9)1-12-6(4)11/h3-6,8-11H,1-2,7H2/t3-,4+,5-,6?/m0/s1. The van der Waals surface area contributed by atoms with Gasteiger partial charge in [-0.2, -0.15) is 0 Å². The third kappa shape index (κ3) is 1.92. The Labute approximate surface area is 69.9 Å². The zero-order valence-electron chi connectivity index (χ0n) is 6.55. The van der Waals surface area contributed by atoms with Gasteiger partial charge in [-0.25, -0.2) is 0 Å². The van der Waals surface area contributed by atoms with Gasteiger partial charge in [0.2, 0.25) is 0 Å². The van der Waals surface area contributed by atoms with Crippen LogP contribution in [0.5, 0.6) is 0 Å². The molecule has 0 bridgehead atoms. The van der Waals surface area contributed by atoms with Crippen molar-refractivity contribution in [1.82, 2.24) is 5.32 Å². The Kier molecular flexibility index (Phi) is 3.39. The summed E-state index contributed by atoms with van der Waals surface area (Å²) in [6, 6.07) is -0.723. The Hall–Kier alpha value is -0.240. The number of aliphatic hydroxyl groups is 3. The molecule has 72 valence electrons. The average Bonchev–Trinajstić information content (AvgIpc) is 2.06. The van der Waals surface area contributed by atoms with Crippen molar-refractivity contribution in [3.05, 3.63) is 0 Å². The first-order valence-electron chi connectivity index (χ1n) is 3.76. The second kappa shape index (κ2) is 4.13. The number of nitrogens with one attached hydrogen (secondary N) is 1. The van der Waals surface area contributed by atoms with Crippen molar-refractivity contribution in [2.45, 2.75) is 24.5 Å². The fourth-order valence-corrected chi connectivity index (χ4v) is 1.17. The van der Waals surface area contributed by atoms with Gasteiger partial charge in [0, 0.05) is 6.67 Å². The maximum atomic E-state index is 9.33. The van der Waals surface area contributed by atoms with E-state index in [-0.39, 0.29) is 13.3 Å². The highest BCUT2D eigenvalue weighted by Crippen LogP contribution is 2.12. The second-order valence-corrected chi connectivity index (χ2v) is 2.72. The Morgan fingerprint density at radius 1 is 1.42 bits per heavy atom.